The van der Waals surface area contributed by atoms with Gasteiger partial charge in [-0.25, -0.2) is 8.78 Å². The van der Waals surface area contributed by atoms with E-state index in [2.05, 4.69) is 6.92 Å². The van der Waals surface area contributed by atoms with Crippen molar-refractivity contribution in [1.29, 1.82) is 0 Å². The van der Waals surface area contributed by atoms with Crippen LogP contribution in [0.3, 0.4) is 0 Å². The third kappa shape index (κ3) is 3.66. The van der Waals surface area contributed by atoms with Gasteiger partial charge in [0.1, 0.15) is 5.82 Å². The summed E-state index contributed by atoms with van der Waals surface area (Å²) in [5.41, 5.74) is 0. The van der Waals surface area contributed by atoms with Crippen LogP contribution in [-0.2, 0) is 4.79 Å². The highest BCUT2D eigenvalue weighted by molar-refractivity contribution is 5.77. The van der Waals surface area contributed by atoms with Gasteiger partial charge in [0.25, 0.3) is 5.91 Å². The number of hydrogen-bond donors (Lipinski definition) is 0. The molecule has 1 aromatic carbocycles. The Morgan fingerprint density at radius 3 is 2.68 bits per heavy atom. The molecule has 0 spiro atoms. The summed E-state index contributed by atoms with van der Waals surface area (Å²) in [6.07, 6.45) is 1.97. The third-order valence-corrected chi connectivity index (χ3v) is 3.38. The van der Waals surface area contributed by atoms with Gasteiger partial charge in [-0.1, -0.05) is 6.92 Å². The molecule has 1 amide bonds. The number of hydrogen-bond acceptors (Lipinski definition) is 2. The molecule has 2 rings (SSSR count). The smallest absolute Gasteiger partial charge is 0.260 e. The van der Waals surface area contributed by atoms with Crippen LogP contribution in [0.5, 0.6) is 5.75 Å². The zero-order chi connectivity index (χ0) is 13.8. The molecule has 3 nitrogen and oxygen atoms in total. The summed E-state index contributed by atoms with van der Waals surface area (Å²) < 4.78 is 31.1. The Labute approximate surface area is 111 Å². The number of rotatable bonds is 3. The van der Waals surface area contributed by atoms with Crippen LogP contribution >= 0.6 is 0 Å². The van der Waals surface area contributed by atoms with E-state index in [0.29, 0.717) is 5.92 Å². The zero-order valence-corrected chi connectivity index (χ0v) is 10.9. The molecule has 1 fully saturated rings. The van der Waals surface area contributed by atoms with Crippen molar-refractivity contribution in [1.82, 2.24) is 4.90 Å². The standard InChI is InChI=1S/C14H17F2NO2/c1-10-4-6-17(7-5-10)14(18)9-19-13-3-2-11(15)8-12(13)16/h2-3,8,10H,4-7,9H2,1H3. The van der Waals surface area contributed by atoms with Crippen molar-refractivity contribution in [3.05, 3.63) is 29.8 Å². The van der Waals surface area contributed by atoms with E-state index in [1.165, 1.54) is 6.07 Å². The van der Waals surface area contributed by atoms with Gasteiger partial charge in [0.2, 0.25) is 0 Å². The quantitative estimate of drug-likeness (QED) is 0.844. The van der Waals surface area contributed by atoms with Gasteiger partial charge in [0.15, 0.2) is 18.2 Å². The van der Waals surface area contributed by atoms with Crippen molar-refractivity contribution in [3.8, 4) is 5.75 Å². The monoisotopic (exact) mass is 269 g/mol. The van der Waals surface area contributed by atoms with Crippen molar-refractivity contribution in [2.75, 3.05) is 19.7 Å². The van der Waals surface area contributed by atoms with Gasteiger partial charge in [-0.2, -0.15) is 0 Å². The highest BCUT2D eigenvalue weighted by Gasteiger charge is 2.20. The van der Waals surface area contributed by atoms with Crippen molar-refractivity contribution >= 4 is 5.91 Å². The minimum Gasteiger partial charge on any atom is -0.481 e. The summed E-state index contributed by atoms with van der Waals surface area (Å²) in [5, 5.41) is 0. The maximum atomic E-state index is 13.3. The maximum absolute atomic E-state index is 13.3. The molecule has 19 heavy (non-hydrogen) atoms. The predicted molar refractivity (Wildman–Crippen MR) is 66.8 cm³/mol. The number of benzene rings is 1. The average molecular weight is 269 g/mol. The molecule has 0 N–H and O–H groups in total. The van der Waals surface area contributed by atoms with Crippen molar-refractivity contribution < 1.29 is 18.3 Å². The lowest BCUT2D eigenvalue weighted by Crippen LogP contribution is -2.40. The van der Waals surface area contributed by atoms with Gasteiger partial charge in [0, 0.05) is 19.2 Å². The fraction of sp³-hybridized carbons (Fsp3) is 0.500. The highest BCUT2D eigenvalue weighted by atomic mass is 19.1. The minimum atomic E-state index is -0.792. The number of nitrogens with zero attached hydrogens (tertiary/aromatic N) is 1. The fourth-order valence-electron chi connectivity index (χ4n) is 2.08. The highest BCUT2D eigenvalue weighted by Crippen LogP contribution is 2.19. The second-order valence-electron chi connectivity index (χ2n) is 4.93. The molecule has 1 aliphatic rings. The lowest BCUT2D eigenvalue weighted by molar-refractivity contribution is -0.134. The first-order valence-corrected chi connectivity index (χ1v) is 6.42. The van der Waals surface area contributed by atoms with Gasteiger partial charge in [-0.3, -0.25) is 4.79 Å². The molecule has 1 heterocycles. The minimum absolute atomic E-state index is 0.0971. The Hall–Kier alpha value is -1.65. The summed E-state index contributed by atoms with van der Waals surface area (Å²) in [6, 6.07) is 3.03. The Kier molecular flexibility index (Phi) is 4.35. The number of amides is 1. The van der Waals surface area contributed by atoms with E-state index in [4.69, 9.17) is 4.74 Å². The predicted octanol–water partition coefficient (Wildman–Crippen LogP) is 2.60. The van der Waals surface area contributed by atoms with Crippen molar-refractivity contribution in [2.45, 2.75) is 19.8 Å². The second-order valence-corrected chi connectivity index (χ2v) is 4.93. The summed E-state index contributed by atoms with van der Waals surface area (Å²) in [6.45, 7) is 3.38. The Morgan fingerprint density at radius 1 is 1.37 bits per heavy atom. The van der Waals surface area contributed by atoms with Gasteiger partial charge < -0.3 is 9.64 Å². The summed E-state index contributed by atoms with van der Waals surface area (Å²) in [5.74, 6) is -1.07. The lowest BCUT2D eigenvalue weighted by atomic mass is 9.99. The van der Waals surface area contributed by atoms with E-state index in [0.717, 1.165) is 38.1 Å². The van der Waals surface area contributed by atoms with Gasteiger partial charge in [-0.05, 0) is 30.9 Å². The van der Waals surface area contributed by atoms with Crippen LogP contribution in [0.2, 0.25) is 0 Å². The van der Waals surface area contributed by atoms with Gasteiger partial charge >= 0.3 is 0 Å². The first kappa shape index (κ1) is 13.8. The number of likely N-dealkylation sites (tertiary alicyclic amines) is 1. The van der Waals surface area contributed by atoms with E-state index >= 15 is 0 Å². The first-order chi connectivity index (χ1) is 9.06. The molecule has 0 bridgehead atoms. The van der Waals surface area contributed by atoms with Crippen LogP contribution in [-0.4, -0.2) is 30.5 Å². The lowest BCUT2D eigenvalue weighted by Gasteiger charge is -2.30. The molecule has 0 aliphatic carbocycles. The second kappa shape index (κ2) is 5.99. The molecule has 1 aliphatic heterocycles. The third-order valence-electron chi connectivity index (χ3n) is 3.38. The molecular formula is C14H17F2NO2. The van der Waals surface area contributed by atoms with E-state index in [9.17, 15) is 13.6 Å². The van der Waals surface area contributed by atoms with Crippen molar-refractivity contribution in [3.63, 3.8) is 0 Å². The molecule has 0 radical (unpaired) electrons. The number of halogens is 2. The topological polar surface area (TPSA) is 29.5 Å². The number of carbonyl (C=O) groups is 1. The Balaban J connectivity index is 1.86. The van der Waals surface area contributed by atoms with Gasteiger partial charge in [-0.15, -0.1) is 0 Å². The van der Waals surface area contributed by atoms with Crippen LogP contribution in [0.4, 0.5) is 8.78 Å². The summed E-state index contributed by atoms with van der Waals surface area (Å²) in [7, 11) is 0. The summed E-state index contributed by atoms with van der Waals surface area (Å²) >= 11 is 0. The van der Waals surface area contributed by atoms with E-state index in [1.54, 1.807) is 4.90 Å². The number of piperidine rings is 1. The molecule has 5 heteroatoms. The zero-order valence-electron chi connectivity index (χ0n) is 10.9. The normalized spacial score (nSPS) is 16.5. The Bertz CT molecular complexity index is 457. The average Bonchev–Trinajstić information content (AvgIpc) is 2.38. The molecular weight excluding hydrogens is 252 g/mol. The van der Waals surface area contributed by atoms with Gasteiger partial charge in [0.05, 0.1) is 0 Å². The van der Waals surface area contributed by atoms with Crippen LogP contribution in [0.25, 0.3) is 0 Å². The van der Waals surface area contributed by atoms with E-state index in [1.807, 2.05) is 0 Å². The van der Waals surface area contributed by atoms with Crippen LogP contribution in [0, 0.1) is 17.6 Å². The molecule has 104 valence electrons. The maximum Gasteiger partial charge on any atom is 0.260 e. The van der Waals surface area contributed by atoms with Crippen LogP contribution in [0.15, 0.2) is 18.2 Å². The molecule has 0 atom stereocenters. The SMILES string of the molecule is CC1CCN(C(=O)COc2ccc(F)cc2F)CC1. The Morgan fingerprint density at radius 2 is 2.05 bits per heavy atom. The molecule has 0 unspecified atom stereocenters. The molecule has 0 aromatic heterocycles. The largest absolute Gasteiger partial charge is 0.481 e. The molecule has 1 saturated heterocycles. The first-order valence-electron chi connectivity index (χ1n) is 6.42. The molecule has 0 saturated carbocycles. The van der Waals surface area contributed by atoms with Crippen molar-refractivity contribution in [2.24, 2.45) is 5.92 Å². The van der Waals surface area contributed by atoms with Crippen LogP contribution in [0.1, 0.15) is 19.8 Å². The summed E-state index contributed by atoms with van der Waals surface area (Å²) in [4.78, 5) is 13.6. The fourth-order valence-corrected chi connectivity index (χ4v) is 2.08. The molecule has 1 aromatic rings. The van der Waals surface area contributed by atoms with Crippen LogP contribution < -0.4 is 4.74 Å². The van der Waals surface area contributed by atoms with E-state index < -0.39 is 11.6 Å². The number of ether oxygens (including phenoxy) is 1. The van der Waals surface area contributed by atoms with E-state index in [-0.39, 0.29) is 18.3 Å². The number of carbonyl (C=O) groups excluding carboxylic acids is 1.